The molecule has 0 spiro atoms. The predicted molar refractivity (Wildman–Crippen MR) is 169 cm³/mol. The highest BCUT2D eigenvalue weighted by Gasteiger charge is 2.18. The summed E-state index contributed by atoms with van der Waals surface area (Å²) in [6.07, 6.45) is 1.60. The largest absolute Gasteiger partial charge is 0.494 e. The molecule has 1 heterocycles. The molecule has 0 unspecified atom stereocenters. The molecular formula is C35H33N3O5. The molecular weight excluding hydrogens is 542 g/mol. The van der Waals surface area contributed by atoms with E-state index in [-0.39, 0.29) is 23.6 Å². The van der Waals surface area contributed by atoms with E-state index >= 15 is 0 Å². The summed E-state index contributed by atoms with van der Waals surface area (Å²) in [5.41, 5.74) is 4.72. The lowest BCUT2D eigenvalue weighted by atomic mass is 9.96. The number of hydrogen-bond donors (Lipinski definition) is 1. The van der Waals surface area contributed by atoms with Crippen LogP contribution in [0.15, 0.2) is 94.8 Å². The Labute approximate surface area is 249 Å². The number of carbonyl (C=O) groups is 1. The topological polar surface area (TPSA) is 103 Å². The van der Waals surface area contributed by atoms with E-state index in [9.17, 15) is 14.7 Å². The molecule has 8 heteroatoms. The van der Waals surface area contributed by atoms with E-state index in [0.717, 1.165) is 28.0 Å². The highest BCUT2D eigenvalue weighted by molar-refractivity contribution is 5.87. The average Bonchev–Trinajstić information content (AvgIpc) is 3.00. The molecule has 8 nitrogen and oxygen atoms in total. The van der Waals surface area contributed by atoms with Crippen LogP contribution in [-0.2, 0) is 6.61 Å². The minimum absolute atomic E-state index is 0.194. The predicted octanol–water partition coefficient (Wildman–Crippen LogP) is 7.05. The van der Waals surface area contributed by atoms with Gasteiger partial charge in [0.25, 0.3) is 5.56 Å². The second-order valence-corrected chi connectivity index (χ2v) is 10.5. The van der Waals surface area contributed by atoms with Crippen LogP contribution in [0.5, 0.6) is 11.5 Å². The van der Waals surface area contributed by atoms with Crippen LogP contribution in [0.1, 0.15) is 59.3 Å². The minimum Gasteiger partial charge on any atom is -0.494 e. The van der Waals surface area contributed by atoms with Crippen molar-refractivity contribution in [1.82, 2.24) is 9.66 Å². The van der Waals surface area contributed by atoms with Gasteiger partial charge in [-0.15, -0.1) is 0 Å². The molecule has 0 bridgehead atoms. The standard InChI is InChI=1S/C35H33N3O5/c1-5-42-32-16-23(4)30(19-29(32)22(2)3)33-37-31-15-7-6-14-28(31)34(39)38(33)36-20-24-10-9-13-27(18-24)43-21-25-11-8-12-26(17-25)35(40)41/h6-20,22H,5,21H2,1-4H3,(H,40,41). The third-order valence-electron chi connectivity index (χ3n) is 7.03. The lowest BCUT2D eigenvalue weighted by Gasteiger charge is -2.18. The lowest BCUT2D eigenvalue weighted by Crippen LogP contribution is -2.20. The van der Waals surface area contributed by atoms with Gasteiger partial charge in [0.2, 0.25) is 0 Å². The van der Waals surface area contributed by atoms with Crippen molar-refractivity contribution in [1.29, 1.82) is 0 Å². The first-order chi connectivity index (χ1) is 20.7. The van der Waals surface area contributed by atoms with Gasteiger partial charge >= 0.3 is 5.97 Å². The number of ether oxygens (including phenoxy) is 2. The van der Waals surface area contributed by atoms with Gasteiger partial charge in [-0.05, 0) is 90.6 Å². The first kappa shape index (κ1) is 29.3. The normalized spacial score (nSPS) is 11.4. The molecule has 0 aliphatic rings. The second-order valence-electron chi connectivity index (χ2n) is 10.5. The highest BCUT2D eigenvalue weighted by Crippen LogP contribution is 2.34. The van der Waals surface area contributed by atoms with E-state index in [1.807, 2.05) is 74.5 Å². The molecule has 1 N–H and O–H groups in total. The van der Waals surface area contributed by atoms with Crippen molar-refractivity contribution in [3.63, 3.8) is 0 Å². The fourth-order valence-electron chi connectivity index (χ4n) is 4.85. The van der Waals surface area contributed by atoms with Crippen LogP contribution >= 0.6 is 0 Å². The van der Waals surface area contributed by atoms with E-state index in [4.69, 9.17) is 14.5 Å². The summed E-state index contributed by atoms with van der Waals surface area (Å²) in [5.74, 6) is 1.05. The third-order valence-corrected chi connectivity index (χ3v) is 7.03. The van der Waals surface area contributed by atoms with Gasteiger partial charge in [-0.1, -0.05) is 50.2 Å². The smallest absolute Gasteiger partial charge is 0.335 e. The number of hydrogen-bond acceptors (Lipinski definition) is 6. The molecule has 218 valence electrons. The van der Waals surface area contributed by atoms with Gasteiger partial charge in [0.15, 0.2) is 5.82 Å². The van der Waals surface area contributed by atoms with E-state index in [0.29, 0.717) is 34.6 Å². The Morgan fingerprint density at radius 1 is 1.00 bits per heavy atom. The Morgan fingerprint density at radius 2 is 1.79 bits per heavy atom. The number of aromatic nitrogens is 2. The van der Waals surface area contributed by atoms with Crippen LogP contribution in [0.3, 0.4) is 0 Å². The summed E-state index contributed by atoms with van der Waals surface area (Å²) in [6, 6.07) is 25.2. The summed E-state index contributed by atoms with van der Waals surface area (Å²) in [4.78, 5) is 29.9. The first-order valence-corrected chi connectivity index (χ1v) is 14.1. The molecule has 0 saturated heterocycles. The van der Waals surface area contributed by atoms with Crippen molar-refractivity contribution in [3.8, 4) is 22.9 Å². The van der Waals surface area contributed by atoms with Crippen LogP contribution in [0.25, 0.3) is 22.3 Å². The van der Waals surface area contributed by atoms with Gasteiger partial charge in [-0.3, -0.25) is 4.79 Å². The fraction of sp³-hybridized carbons (Fsp3) is 0.200. The van der Waals surface area contributed by atoms with Gasteiger partial charge in [0.05, 0.1) is 29.3 Å². The van der Waals surface area contributed by atoms with Crippen molar-refractivity contribution in [2.24, 2.45) is 5.10 Å². The molecule has 1 aromatic heterocycles. The monoisotopic (exact) mass is 575 g/mol. The van der Waals surface area contributed by atoms with Crippen molar-refractivity contribution in [2.45, 2.75) is 40.2 Å². The summed E-state index contributed by atoms with van der Waals surface area (Å²) in [5, 5.41) is 14.4. The third kappa shape index (κ3) is 6.48. The fourth-order valence-corrected chi connectivity index (χ4v) is 4.85. The number of fused-ring (bicyclic) bond motifs is 1. The molecule has 0 amide bonds. The summed E-state index contributed by atoms with van der Waals surface area (Å²) in [7, 11) is 0. The summed E-state index contributed by atoms with van der Waals surface area (Å²) >= 11 is 0. The number of aromatic carboxylic acids is 1. The Morgan fingerprint density at radius 3 is 2.56 bits per heavy atom. The Hall–Kier alpha value is -5.24. The van der Waals surface area contributed by atoms with Gasteiger partial charge < -0.3 is 14.6 Å². The van der Waals surface area contributed by atoms with Crippen molar-refractivity contribution >= 4 is 23.1 Å². The summed E-state index contributed by atoms with van der Waals surface area (Å²) in [6.45, 7) is 8.90. The van der Waals surface area contributed by atoms with Crippen LogP contribution < -0.4 is 15.0 Å². The number of nitrogens with zero attached hydrogens (tertiary/aromatic N) is 3. The van der Waals surface area contributed by atoms with Crippen molar-refractivity contribution in [3.05, 3.63) is 123 Å². The maximum absolute atomic E-state index is 13.8. The first-order valence-electron chi connectivity index (χ1n) is 14.1. The van der Waals surface area contributed by atoms with Crippen LogP contribution in [0, 0.1) is 6.92 Å². The molecule has 0 aliphatic carbocycles. The molecule has 0 fully saturated rings. The minimum atomic E-state index is -0.987. The van der Waals surface area contributed by atoms with Crippen LogP contribution in [-0.4, -0.2) is 33.6 Å². The molecule has 5 aromatic rings. The highest BCUT2D eigenvalue weighted by atomic mass is 16.5. The van der Waals surface area contributed by atoms with Gasteiger partial charge in [-0.25, -0.2) is 9.78 Å². The second kappa shape index (κ2) is 12.7. The molecule has 0 aliphatic heterocycles. The molecule has 4 aromatic carbocycles. The lowest BCUT2D eigenvalue weighted by molar-refractivity contribution is 0.0696. The SMILES string of the molecule is CCOc1cc(C)c(-c2nc3ccccc3c(=O)n2N=Cc2cccc(OCc3cccc(C(=O)O)c3)c2)cc1C(C)C. The molecule has 0 radical (unpaired) electrons. The zero-order chi connectivity index (χ0) is 30.5. The van der Waals surface area contributed by atoms with Gasteiger partial charge in [0, 0.05) is 5.56 Å². The quantitative estimate of drug-likeness (QED) is 0.179. The van der Waals surface area contributed by atoms with E-state index in [2.05, 4.69) is 18.9 Å². The molecule has 0 atom stereocenters. The maximum atomic E-state index is 13.8. The van der Waals surface area contributed by atoms with E-state index in [1.54, 1.807) is 30.5 Å². The number of carboxylic acids is 1. The average molecular weight is 576 g/mol. The van der Waals surface area contributed by atoms with E-state index in [1.165, 1.54) is 4.68 Å². The zero-order valence-corrected chi connectivity index (χ0v) is 24.6. The number of carboxylic acid groups (broad SMARTS) is 1. The number of aryl methyl sites for hydroxylation is 1. The van der Waals surface area contributed by atoms with E-state index < -0.39 is 5.97 Å². The zero-order valence-electron chi connectivity index (χ0n) is 24.6. The van der Waals surface area contributed by atoms with Crippen molar-refractivity contribution < 1.29 is 19.4 Å². The Balaban J connectivity index is 1.53. The molecule has 0 saturated carbocycles. The Kier molecular flexibility index (Phi) is 8.66. The van der Waals surface area contributed by atoms with Crippen LogP contribution in [0.4, 0.5) is 0 Å². The number of para-hydroxylation sites is 1. The molecule has 5 rings (SSSR count). The van der Waals surface area contributed by atoms with Crippen molar-refractivity contribution in [2.75, 3.05) is 6.61 Å². The van der Waals surface area contributed by atoms with Gasteiger partial charge in [0.1, 0.15) is 18.1 Å². The number of benzene rings is 4. The summed E-state index contributed by atoms with van der Waals surface area (Å²) < 4.78 is 13.2. The maximum Gasteiger partial charge on any atom is 0.335 e. The van der Waals surface area contributed by atoms with Crippen LogP contribution in [0.2, 0.25) is 0 Å². The Bertz CT molecular complexity index is 1890. The van der Waals surface area contributed by atoms with Gasteiger partial charge in [-0.2, -0.15) is 9.78 Å². The number of rotatable bonds is 10. The molecule has 43 heavy (non-hydrogen) atoms.